The summed E-state index contributed by atoms with van der Waals surface area (Å²) in [7, 11) is 2.10. The summed E-state index contributed by atoms with van der Waals surface area (Å²) >= 11 is 0. The van der Waals surface area contributed by atoms with E-state index in [1.807, 2.05) is 0 Å². The third kappa shape index (κ3) is 2.61. The zero-order valence-electron chi connectivity index (χ0n) is 8.39. The molecule has 0 atom stereocenters. The van der Waals surface area contributed by atoms with Gasteiger partial charge >= 0.3 is 0 Å². The summed E-state index contributed by atoms with van der Waals surface area (Å²) in [5.41, 5.74) is 2.62. The molecule has 0 unspecified atom stereocenters. The van der Waals surface area contributed by atoms with Crippen LogP contribution in [0, 0.1) is 0 Å². The van der Waals surface area contributed by atoms with Crippen LogP contribution in [0.1, 0.15) is 20.8 Å². The van der Waals surface area contributed by atoms with Crippen molar-refractivity contribution in [3.8, 4) is 0 Å². The Morgan fingerprint density at radius 1 is 1.50 bits per heavy atom. The van der Waals surface area contributed by atoms with Crippen LogP contribution in [0.15, 0.2) is 23.5 Å². The van der Waals surface area contributed by atoms with E-state index < -0.39 is 0 Å². The zero-order chi connectivity index (χ0) is 9.14. The number of nitrogens with one attached hydrogen (secondary N) is 1. The molecule has 0 aromatic heterocycles. The maximum atomic E-state index is 3.42. The lowest BCUT2D eigenvalue weighted by molar-refractivity contribution is 0.459. The number of hydrogen-bond donors (Lipinski definition) is 1. The summed E-state index contributed by atoms with van der Waals surface area (Å²) in [6.07, 6.45) is 4.37. The maximum Gasteiger partial charge on any atom is 0.0568 e. The van der Waals surface area contributed by atoms with Gasteiger partial charge in [-0.1, -0.05) is 0 Å². The van der Waals surface area contributed by atoms with Crippen molar-refractivity contribution in [1.82, 2.24) is 10.2 Å². The van der Waals surface area contributed by atoms with Crippen molar-refractivity contribution in [2.75, 3.05) is 13.6 Å². The number of hydrogen-bond acceptors (Lipinski definition) is 2. The first kappa shape index (κ1) is 9.17. The summed E-state index contributed by atoms with van der Waals surface area (Å²) in [6, 6.07) is 0.524. The van der Waals surface area contributed by atoms with Crippen LogP contribution >= 0.6 is 0 Å². The molecule has 12 heavy (non-hydrogen) atoms. The Balaban J connectivity index is 2.60. The first-order valence-electron chi connectivity index (χ1n) is 4.43. The first-order valence-corrected chi connectivity index (χ1v) is 4.43. The molecule has 1 aliphatic heterocycles. The van der Waals surface area contributed by atoms with Gasteiger partial charge in [0.2, 0.25) is 0 Å². The van der Waals surface area contributed by atoms with E-state index in [2.05, 4.69) is 50.3 Å². The zero-order valence-corrected chi connectivity index (χ0v) is 8.39. The van der Waals surface area contributed by atoms with Crippen molar-refractivity contribution >= 4 is 0 Å². The largest absolute Gasteiger partial charge is 0.385 e. The number of allylic oxidation sites excluding steroid dienone is 2. The van der Waals surface area contributed by atoms with E-state index in [4.69, 9.17) is 0 Å². The summed E-state index contributed by atoms with van der Waals surface area (Å²) < 4.78 is 0. The highest BCUT2D eigenvalue weighted by atomic mass is 15.1. The van der Waals surface area contributed by atoms with Gasteiger partial charge in [0.05, 0.1) is 6.54 Å². The molecule has 0 amide bonds. The van der Waals surface area contributed by atoms with Crippen molar-refractivity contribution in [2.24, 2.45) is 0 Å². The van der Waals surface area contributed by atoms with Crippen molar-refractivity contribution in [1.29, 1.82) is 0 Å². The molecule has 1 aliphatic rings. The number of likely N-dealkylation sites (N-methyl/N-ethyl adjacent to an activating group) is 1. The molecule has 0 fully saturated rings. The van der Waals surface area contributed by atoms with Crippen LogP contribution in [0.5, 0.6) is 0 Å². The quantitative estimate of drug-likeness (QED) is 0.672. The van der Waals surface area contributed by atoms with Gasteiger partial charge < -0.3 is 10.2 Å². The van der Waals surface area contributed by atoms with Gasteiger partial charge in [-0.25, -0.2) is 0 Å². The van der Waals surface area contributed by atoms with Crippen molar-refractivity contribution in [2.45, 2.75) is 26.8 Å². The molecule has 1 rings (SSSR count). The van der Waals surface area contributed by atoms with Crippen LogP contribution in [0.4, 0.5) is 0 Å². The fourth-order valence-electron chi connectivity index (χ4n) is 1.48. The Kier molecular flexibility index (Phi) is 2.79. The molecular formula is C10H18N2. The van der Waals surface area contributed by atoms with E-state index in [-0.39, 0.29) is 0 Å². The van der Waals surface area contributed by atoms with Gasteiger partial charge in [-0.05, 0) is 32.4 Å². The van der Waals surface area contributed by atoms with Crippen molar-refractivity contribution in [3.63, 3.8) is 0 Å². The van der Waals surface area contributed by atoms with E-state index >= 15 is 0 Å². The van der Waals surface area contributed by atoms with Gasteiger partial charge in [0.1, 0.15) is 0 Å². The minimum Gasteiger partial charge on any atom is -0.385 e. The Morgan fingerprint density at radius 2 is 2.17 bits per heavy atom. The molecule has 0 saturated carbocycles. The maximum absolute atomic E-state index is 3.42. The molecule has 0 aromatic carbocycles. The fraction of sp³-hybridized carbons (Fsp3) is 0.600. The van der Waals surface area contributed by atoms with Gasteiger partial charge in [0.25, 0.3) is 0 Å². The third-order valence-electron chi connectivity index (χ3n) is 1.72. The highest BCUT2D eigenvalue weighted by Gasteiger charge is 2.06. The first-order chi connectivity index (χ1) is 5.58. The number of nitrogens with zero attached hydrogens (tertiary/aromatic N) is 1. The molecule has 2 nitrogen and oxygen atoms in total. The Bertz CT molecular complexity index is 214. The molecule has 0 saturated heterocycles. The lowest BCUT2D eigenvalue weighted by Gasteiger charge is -2.24. The molecule has 1 heterocycles. The highest BCUT2D eigenvalue weighted by Crippen LogP contribution is 2.09. The minimum absolute atomic E-state index is 0.524. The van der Waals surface area contributed by atoms with E-state index in [0.717, 1.165) is 6.54 Å². The van der Waals surface area contributed by atoms with Crippen LogP contribution in [0.25, 0.3) is 0 Å². The normalized spacial score (nSPS) is 17.6. The lowest BCUT2D eigenvalue weighted by atomic mass is 10.2. The summed E-state index contributed by atoms with van der Waals surface area (Å²) in [5, 5.41) is 3.42. The van der Waals surface area contributed by atoms with Crippen molar-refractivity contribution < 1.29 is 0 Å². The van der Waals surface area contributed by atoms with Crippen LogP contribution in [0.2, 0.25) is 0 Å². The lowest BCUT2D eigenvalue weighted by Crippen LogP contribution is -2.30. The standard InChI is InChI=1S/C10H18N2/c1-8(2)11-10-5-9(3)6-12(4)7-10/h5-6,8,11H,7H2,1-4H3. The van der Waals surface area contributed by atoms with E-state index in [9.17, 15) is 0 Å². The van der Waals surface area contributed by atoms with E-state index in [1.54, 1.807) is 0 Å². The predicted octanol–water partition coefficient (Wildman–Crippen LogP) is 1.72. The van der Waals surface area contributed by atoms with Gasteiger partial charge in [-0.2, -0.15) is 0 Å². The highest BCUT2D eigenvalue weighted by molar-refractivity contribution is 5.25. The van der Waals surface area contributed by atoms with Crippen LogP contribution in [-0.4, -0.2) is 24.5 Å². The smallest absolute Gasteiger partial charge is 0.0568 e. The molecule has 0 bridgehead atoms. The van der Waals surface area contributed by atoms with Crippen LogP contribution < -0.4 is 5.32 Å². The van der Waals surface area contributed by atoms with Gasteiger partial charge in [0.15, 0.2) is 0 Å². The molecule has 0 aliphatic carbocycles. The van der Waals surface area contributed by atoms with Crippen LogP contribution in [0.3, 0.4) is 0 Å². The molecule has 0 radical (unpaired) electrons. The predicted molar refractivity (Wildman–Crippen MR) is 52.7 cm³/mol. The second-order valence-corrected chi connectivity index (χ2v) is 3.76. The Morgan fingerprint density at radius 3 is 2.67 bits per heavy atom. The second kappa shape index (κ2) is 3.65. The molecule has 0 spiro atoms. The Labute approximate surface area is 74.9 Å². The molecule has 2 heteroatoms. The topological polar surface area (TPSA) is 15.3 Å². The average molecular weight is 166 g/mol. The fourth-order valence-corrected chi connectivity index (χ4v) is 1.48. The monoisotopic (exact) mass is 166 g/mol. The summed E-state index contributed by atoms with van der Waals surface area (Å²) in [6.45, 7) is 7.44. The van der Waals surface area contributed by atoms with Gasteiger partial charge in [-0.15, -0.1) is 0 Å². The molecule has 68 valence electrons. The average Bonchev–Trinajstić information content (AvgIpc) is 1.81. The number of rotatable bonds is 2. The Hall–Kier alpha value is -0.920. The molecule has 1 N–H and O–H groups in total. The van der Waals surface area contributed by atoms with E-state index in [0.29, 0.717) is 6.04 Å². The van der Waals surface area contributed by atoms with E-state index in [1.165, 1.54) is 11.3 Å². The van der Waals surface area contributed by atoms with Gasteiger partial charge in [-0.3, -0.25) is 0 Å². The molecule has 0 aromatic rings. The SMILES string of the molecule is CC1=CN(C)CC(NC(C)C)=C1. The van der Waals surface area contributed by atoms with Crippen LogP contribution in [-0.2, 0) is 0 Å². The minimum atomic E-state index is 0.524. The summed E-state index contributed by atoms with van der Waals surface area (Å²) in [4.78, 5) is 2.19. The molecular weight excluding hydrogens is 148 g/mol. The second-order valence-electron chi connectivity index (χ2n) is 3.76. The van der Waals surface area contributed by atoms with Gasteiger partial charge in [0, 0.05) is 25.0 Å². The summed E-state index contributed by atoms with van der Waals surface area (Å²) in [5.74, 6) is 0. The van der Waals surface area contributed by atoms with Crippen molar-refractivity contribution in [3.05, 3.63) is 23.5 Å². The third-order valence-corrected chi connectivity index (χ3v) is 1.72.